The van der Waals surface area contributed by atoms with Crippen LogP contribution in [0.25, 0.3) is 0 Å². The van der Waals surface area contributed by atoms with Crippen LogP contribution in [0.5, 0.6) is 0 Å². The number of carboxylic acid groups (broad SMARTS) is 1. The van der Waals surface area contributed by atoms with Gasteiger partial charge in [-0.25, -0.2) is 4.79 Å². The average molecular weight is 357 g/mol. The number of carbonyl (C=O) groups excluding carboxylic acids is 3. The van der Waals surface area contributed by atoms with Gasteiger partial charge in [-0.05, 0) is 31.2 Å². The first-order valence-electron chi connectivity index (χ1n) is 6.87. The highest BCUT2D eigenvalue weighted by molar-refractivity contribution is 6.30. The van der Waals surface area contributed by atoms with Crippen LogP contribution in [0.2, 0.25) is 5.02 Å². The molecule has 0 aromatic heterocycles. The molecule has 0 unspecified atom stereocenters. The van der Waals surface area contributed by atoms with Gasteiger partial charge < -0.3 is 26.4 Å². The average Bonchev–Trinajstić information content (AvgIpc) is 2.52. The van der Waals surface area contributed by atoms with Gasteiger partial charge in [0.2, 0.25) is 11.8 Å². The molecule has 10 heteroatoms. The minimum absolute atomic E-state index is 0.392. The normalized spacial score (nSPS) is 11.1. The van der Waals surface area contributed by atoms with Crippen molar-refractivity contribution in [1.29, 1.82) is 0 Å². The Bertz CT molecular complexity index is 620. The maximum Gasteiger partial charge on any atom is 0.322 e. The molecule has 4 amide bonds. The molecule has 5 N–H and O–H groups in total. The van der Waals surface area contributed by atoms with Crippen LogP contribution in [0, 0.1) is 0 Å². The Kier molecular flexibility index (Phi) is 7.50. The first-order valence-corrected chi connectivity index (χ1v) is 7.25. The fraction of sp³-hybridized carbons (Fsp3) is 0.286. The molecule has 0 saturated carbocycles. The molecule has 24 heavy (non-hydrogen) atoms. The summed E-state index contributed by atoms with van der Waals surface area (Å²) < 4.78 is 0. The second kappa shape index (κ2) is 9.36. The van der Waals surface area contributed by atoms with Crippen molar-refractivity contribution in [3.05, 3.63) is 29.3 Å². The largest absolute Gasteiger partial charge is 0.480 e. The number of halogens is 1. The van der Waals surface area contributed by atoms with Crippen molar-refractivity contribution >= 4 is 41.1 Å². The van der Waals surface area contributed by atoms with Crippen molar-refractivity contribution < 1.29 is 24.3 Å². The lowest BCUT2D eigenvalue weighted by atomic mass is 10.3. The molecular weight excluding hydrogens is 340 g/mol. The summed E-state index contributed by atoms with van der Waals surface area (Å²) in [6, 6.07) is 4.89. The number of rotatable bonds is 7. The van der Waals surface area contributed by atoms with Gasteiger partial charge in [0.05, 0.1) is 6.54 Å². The Labute approximate surface area is 142 Å². The molecule has 1 rings (SSSR count). The summed E-state index contributed by atoms with van der Waals surface area (Å²) in [6.07, 6.45) is 0. The zero-order valence-corrected chi connectivity index (χ0v) is 13.5. The summed E-state index contributed by atoms with van der Waals surface area (Å²) in [4.78, 5) is 45.0. The van der Waals surface area contributed by atoms with Crippen LogP contribution >= 0.6 is 11.6 Å². The number of amides is 4. The Balaban J connectivity index is 2.34. The molecule has 0 fully saturated rings. The third kappa shape index (κ3) is 7.45. The van der Waals surface area contributed by atoms with Crippen LogP contribution in [0.15, 0.2) is 24.3 Å². The van der Waals surface area contributed by atoms with E-state index in [1.807, 2.05) is 0 Å². The lowest BCUT2D eigenvalue weighted by molar-refractivity contribution is -0.137. The number of carbonyl (C=O) groups is 4. The van der Waals surface area contributed by atoms with Crippen molar-refractivity contribution in [1.82, 2.24) is 16.0 Å². The summed E-state index contributed by atoms with van der Waals surface area (Å²) in [5.41, 5.74) is 0.498. The van der Waals surface area contributed by atoms with Crippen LogP contribution in [0.3, 0.4) is 0 Å². The van der Waals surface area contributed by atoms with E-state index in [1.54, 1.807) is 24.3 Å². The summed E-state index contributed by atoms with van der Waals surface area (Å²) in [6.45, 7) is 0.509. The number of hydrogen-bond donors (Lipinski definition) is 5. The van der Waals surface area contributed by atoms with Gasteiger partial charge in [-0.1, -0.05) is 11.6 Å². The van der Waals surface area contributed by atoms with Crippen molar-refractivity contribution in [3.63, 3.8) is 0 Å². The Morgan fingerprint density at radius 2 is 1.71 bits per heavy atom. The van der Waals surface area contributed by atoms with Gasteiger partial charge in [-0.2, -0.15) is 0 Å². The fourth-order valence-corrected chi connectivity index (χ4v) is 1.65. The minimum atomic E-state index is -1.19. The van der Waals surface area contributed by atoms with E-state index in [0.717, 1.165) is 0 Å². The molecule has 0 bridgehead atoms. The molecule has 0 aliphatic heterocycles. The highest BCUT2D eigenvalue weighted by atomic mass is 35.5. The van der Waals surface area contributed by atoms with E-state index in [-0.39, 0.29) is 0 Å². The first-order chi connectivity index (χ1) is 11.3. The molecule has 0 aliphatic carbocycles. The molecule has 0 radical (unpaired) electrons. The van der Waals surface area contributed by atoms with Crippen molar-refractivity contribution in [2.75, 3.05) is 18.4 Å². The Hall–Kier alpha value is -2.81. The van der Waals surface area contributed by atoms with Crippen LogP contribution in [-0.2, 0) is 14.4 Å². The highest BCUT2D eigenvalue weighted by Crippen LogP contribution is 2.13. The summed E-state index contributed by atoms with van der Waals surface area (Å²) in [7, 11) is 0. The summed E-state index contributed by atoms with van der Waals surface area (Å²) >= 11 is 5.73. The summed E-state index contributed by atoms with van der Waals surface area (Å²) in [5.74, 6) is -2.43. The number of carboxylic acids is 1. The molecule has 0 aliphatic rings. The van der Waals surface area contributed by atoms with Crippen LogP contribution in [-0.4, -0.2) is 48.1 Å². The van der Waals surface area contributed by atoms with Gasteiger partial charge >= 0.3 is 12.0 Å². The van der Waals surface area contributed by atoms with Gasteiger partial charge in [-0.15, -0.1) is 0 Å². The second-order valence-corrected chi connectivity index (χ2v) is 5.15. The zero-order chi connectivity index (χ0) is 18.1. The molecule has 1 atom stereocenters. The predicted octanol–water partition coefficient (Wildman–Crippen LogP) is 0.167. The smallest absolute Gasteiger partial charge is 0.322 e. The van der Waals surface area contributed by atoms with Crippen molar-refractivity contribution in [2.45, 2.75) is 13.0 Å². The van der Waals surface area contributed by atoms with E-state index < -0.39 is 42.9 Å². The van der Waals surface area contributed by atoms with Gasteiger partial charge in [0, 0.05) is 10.7 Å². The molecule has 130 valence electrons. The van der Waals surface area contributed by atoms with E-state index in [1.165, 1.54) is 6.92 Å². The van der Waals surface area contributed by atoms with Crippen molar-refractivity contribution in [3.8, 4) is 0 Å². The van der Waals surface area contributed by atoms with E-state index in [0.29, 0.717) is 10.7 Å². The van der Waals surface area contributed by atoms with E-state index in [2.05, 4.69) is 21.3 Å². The van der Waals surface area contributed by atoms with Crippen LogP contribution < -0.4 is 21.3 Å². The first kappa shape index (κ1) is 19.2. The predicted molar refractivity (Wildman–Crippen MR) is 86.7 cm³/mol. The second-order valence-electron chi connectivity index (χ2n) is 4.72. The van der Waals surface area contributed by atoms with Crippen LogP contribution in [0.4, 0.5) is 10.5 Å². The van der Waals surface area contributed by atoms with Crippen LogP contribution in [0.1, 0.15) is 6.92 Å². The zero-order valence-electron chi connectivity index (χ0n) is 12.8. The Morgan fingerprint density at radius 3 is 2.29 bits per heavy atom. The number of hydrogen-bond acceptors (Lipinski definition) is 4. The number of nitrogens with one attached hydrogen (secondary N) is 4. The van der Waals surface area contributed by atoms with Gasteiger partial charge in [0.15, 0.2) is 0 Å². The minimum Gasteiger partial charge on any atom is -0.480 e. The third-order valence-electron chi connectivity index (χ3n) is 2.70. The lowest BCUT2D eigenvalue weighted by Crippen LogP contribution is -2.48. The highest BCUT2D eigenvalue weighted by Gasteiger charge is 2.16. The number of benzene rings is 1. The third-order valence-corrected chi connectivity index (χ3v) is 2.95. The molecule has 9 nitrogen and oxygen atoms in total. The molecule has 1 aromatic rings. The van der Waals surface area contributed by atoms with Gasteiger partial charge in [-0.3, -0.25) is 14.4 Å². The summed E-state index contributed by atoms with van der Waals surface area (Å²) in [5, 5.41) is 18.2. The number of anilines is 1. The van der Waals surface area contributed by atoms with Gasteiger partial charge in [0.25, 0.3) is 0 Å². The molecule has 0 saturated heterocycles. The SMILES string of the molecule is C[C@H](NC(=O)Nc1ccc(Cl)cc1)C(=O)NCC(=O)NCC(=O)O. The number of urea groups is 1. The van der Waals surface area contributed by atoms with Gasteiger partial charge in [0.1, 0.15) is 12.6 Å². The quantitative estimate of drug-likeness (QED) is 0.474. The van der Waals surface area contributed by atoms with Crippen molar-refractivity contribution in [2.24, 2.45) is 0 Å². The molecule has 1 aromatic carbocycles. The Morgan fingerprint density at radius 1 is 1.08 bits per heavy atom. The standard InChI is InChI=1S/C14H17ClN4O5/c1-8(13(23)17-6-11(20)16-7-12(21)22)18-14(24)19-10-4-2-9(15)3-5-10/h2-5,8H,6-7H2,1H3,(H,16,20)(H,17,23)(H,21,22)(H2,18,19,24)/t8-/m0/s1. The fourth-order valence-electron chi connectivity index (χ4n) is 1.52. The number of aliphatic carboxylic acids is 1. The molecular formula is C14H17ClN4O5. The van der Waals surface area contributed by atoms with E-state index in [4.69, 9.17) is 16.7 Å². The van der Waals surface area contributed by atoms with E-state index in [9.17, 15) is 19.2 Å². The van der Waals surface area contributed by atoms with E-state index >= 15 is 0 Å². The molecule has 0 heterocycles. The maximum atomic E-state index is 11.8. The lowest BCUT2D eigenvalue weighted by Gasteiger charge is -2.14. The maximum absolute atomic E-state index is 11.8. The molecule has 0 spiro atoms. The monoisotopic (exact) mass is 356 g/mol. The topological polar surface area (TPSA) is 137 Å².